The van der Waals surface area contributed by atoms with E-state index in [0.29, 0.717) is 6.54 Å². The van der Waals surface area contributed by atoms with Crippen LogP contribution in [0.4, 0.5) is 0 Å². The van der Waals surface area contributed by atoms with E-state index in [4.69, 9.17) is 5.73 Å². The molecule has 0 bridgehead atoms. The summed E-state index contributed by atoms with van der Waals surface area (Å²) in [6.45, 7) is 2.31. The largest absolute Gasteiger partial charge is 0.332 e. The van der Waals surface area contributed by atoms with Crippen LogP contribution in [0.25, 0.3) is 0 Å². The molecule has 12 heavy (non-hydrogen) atoms. The standard InChI is InChI=1S/C8H14N2O2/c1-6(9)8(12)10-4-2-3-7(10)5-11/h5-7H,2-4,9H2,1H3. The Bertz CT molecular complexity index is 191. The van der Waals surface area contributed by atoms with Crippen molar-refractivity contribution in [1.82, 2.24) is 4.90 Å². The molecule has 1 aliphatic rings. The number of nitrogens with zero attached hydrogens (tertiary/aromatic N) is 1. The first-order valence-electron chi connectivity index (χ1n) is 4.18. The fourth-order valence-electron chi connectivity index (χ4n) is 1.47. The summed E-state index contributed by atoms with van der Waals surface area (Å²) in [4.78, 5) is 23.4. The van der Waals surface area contributed by atoms with Crippen LogP contribution in [-0.2, 0) is 9.59 Å². The lowest BCUT2D eigenvalue weighted by Crippen LogP contribution is -2.45. The summed E-state index contributed by atoms with van der Waals surface area (Å²) in [5, 5.41) is 0. The van der Waals surface area contributed by atoms with Gasteiger partial charge >= 0.3 is 0 Å². The van der Waals surface area contributed by atoms with E-state index in [-0.39, 0.29) is 11.9 Å². The van der Waals surface area contributed by atoms with Gasteiger partial charge in [-0.1, -0.05) is 0 Å². The minimum absolute atomic E-state index is 0.121. The van der Waals surface area contributed by atoms with E-state index in [1.807, 2.05) is 0 Å². The van der Waals surface area contributed by atoms with Gasteiger partial charge < -0.3 is 15.4 Å². The molecule has 1 heterocycles. The average molecular weight is 170 g/mol. The summed E-state index contributed by atoms with van der Waals surface area (Å²) < 4.78 is 0. The third-order valence-corrected chi connectivity index (χ3v) is 2.13. The van der Waals surface area contributed by atoms with E-state index in [1.165, 1.54) is 0 Å². The second kappa shape index (κ2) is 3.67. The normalized spacial score (nSPS) is 25.5. The summed E-state index contributed by atoms with van der Waals surface area (Å²) in [6.07, 6.45) is 2.51. The minimum atomic E-state index is -0.495. The van der Waals surface area contributed by atoms with Gasteiger partial charge in [-0.25, -0.2) is 0 Å². The van der Waals surface area contributed by atoms with Crippen LogP contribution < -0.4 is 5.73 Å². The Balaban J connectivity index is 2.61. The van der Waals surface area contributed by atoms with Crippen molar-refractivity contribution in [3.05, 3.63) is 0 Å². The second-order valence-electron chi connectivity index (χ2n) is 3.17. The van der Waals surface area contributed by atoms with Crippen LogP contribution in [0.15, 0.2) is 0 Å². The first kappa shape index (κ1) is 9.19. The maximum atomic E-state index is 11.4. The van der Waals surface area contributed by atoms with E-state index in [9.17, 15) is 9.59 Å². The van der Waals surface area contributed by atoms with E-state index >= 15 is 0 Å². The number of hydrogen-bond donors (Lipinski definition) is 1. The Morgan fingerprint density at radius 2 is 2.42 bits per heavy atom. The number of hydrogen-bond acceptors (Lipinski definition) is 3. The highest BCUT2D eigenvalue weighted by atomic mass is 16.2. The second-order valence-corrected chi connectivity index (χ2v) is 3.17. The molecule has 0 aromatic carbocycles. The van der Waals surface area contributed by atoms with Crippen molar-refractivity contribution < 1.29 is 9.59 Å². The highest BCUT2D eigenvalue weighted by molar-refractivity contribution is 5.84. The number of carbonyl (C=O) groups is 2. The third-order valence-electron chi connectivity index (χ3n) is 2.13. The lowest BCUT2D eigenvalue weighted by molar-refractivity contribution is -0.135. The van der Waals surface area contributed by atoms with Crippen LogP contribution in [0.1, 0.15) is 19.8 Å². The molecule has 1 aliphatic heterocycles. The Labute approximate surface area is 71.7 Å². The summed E-state index contributed by atoms with van der Waals surface area (Å²) >= 11 is 0. The monoisotopic (exact) mass is 170 g/mol. The van der Waals surface area contributed by atoms with Crippen LogP contribution in [0, 0.1) is 0 Å². The molecule has 0 radical (unpaired) electrons. The topological polar surface area (TPSA) is 63.4 Å². The van der Waals surface area contributed by atoms with Gasteiger partial charge in [-0.05, 0) is 19.8 Å². The van der Waals surface area contributed by atoms with Gasteiger partial charge in [0.2, 0.25) is 5.91 Å². The van der Waals surface area contributed by atoms with E-state index in [2.05, 4.69) is 0 Å². The van der Waals surface area contributed by atoms with Crippen molar-refractivity contribution >= 4 is 12.2 Å². The highest BCUT2D eigenvalue weighted by Gasteiger charge is 2.29. The number of carbonyl (C=O) groups excluding carboxylic acids is 2. The van der Waals surface area contributed by atoms with Gasteiger partial charge in [-0.3, -0.25) is 4.79 Å². The smallest absolute Gasteiger partial charge is 0.239 e. The van der Waals surface area contributed by atoms with Crippen molar-refractivity contribution in [3.63, 3.8) is 0 Å². The molecule has 0 aromatic rings. The van der Waals surface area contributed by atoms with Gasteiger partial charge in [0.25, 0.3) is 0 Å². The molecule has 0 aromatic heterocycles. The molecule has 0 spiro atoms. The van der Waals surface area contributed by atoms with E-state index in [0.717, 1.165) is 19.1 Å². The lowest BCUT2D eigenvalue weighted by atomic mass is 10.2. The van der Waals surface area contributed by atoms with Crippen molar-refractivity contribution in [3.8, 4) is 0 Å². The fraction of sp³-hybridized carbons (Fsp3) is 0.750. The predicted molar refractivity (Wildman–Crippen MR) is 44.4 cm³/mol. The van der Waals surface area contributed by atoms with Gasteiger partial charge in [-0.15, -0.1) is 0 Å². The van der Waals surface area contributed by atoms with Gasteiger partial charge in [-0.2, -0.15) is 0 Å². The fourth-order valence-corrected chi connectivity index (χ4v) is 1.47. The molecule has 1 saturated heterocycles. The number of likely N-dealkylation sites (tertiary alicyclic amines) is 1. The van der Waals surface area contributed by atoms with E-state index < -0.39 is 6.04 Å². The molecule has 2 unspecified atom stereocenters. The lowest BCUT2D eigenvalue weighted by Gasteiger charge is -2.22. The van der Waals surface area contributed by atoms with Crippen LogP contribution >= 0.6 is 0 Å². The van der Waals surface area contributed by atoms with Crippen LogP contribution in [-0.4, -0.2) is 35.7 Å². The van der Waals surface area contributed by atoms with Crippen LogP contribution in [0.5, 0.6) is 0 Å². The van der Waals surface area contributed by atoms with Crippen molar-refractivity contribution in [1.29, 1.82) is 0 Å². The summed E-state index contributed by atoms with van der Waals surface area (Å²) in [6, 6.07) is -0.728. The van der Waals surface area contributed by atoms with Crippen molar-refractivity contribution in [2.75, 3.05) is 6.54 Å². The quantitative estimate of drug-likeness (QED) is 0.569. The SMILES string of the molecule is CC(N)C(=O)N1CCCC1C=O. The molecule has 2 N–H and O–H groups in total. The molecule has 4 nitrogen and oxygen atoms in total. The summed E-state index contributed by atoms with van der Waals surface area (Å²) in [7, 11) is 0. The molecule has 2 atom stereocenters. The molecular formula is C8H14N2O2. The molecule has 1 rings (SSSR count). The Kier molecular flexibility index (Phi) is 2.81. The zero-order valence-electron chi connectivity index (χ0n) is 7.19. The van der Waals surface area contributed by atoms with Crippen molar-refractivity contribution in [2.45, 2.75) is 31.8 Å². The maximum Gasteiger partial charge on any atom is 0.239 e. The Morgan fingerprint density at radius 1 is 1.75 bits per heavy atom. The molecule has 4 heteroatoms. The first-order valence-corrected chi connectivity index (χ1v) is 4.18. The summed E-state index contributed by atoms with van der Waals surface area (Å²) in [5.41, 5.74) is 5.43. The summed E-state index contributed by atoms with van der Waals surface area (Å²) in [5.74, 6) is -0.121. The molecular weight excluding hydrogens is 156 g/mol. The van der Waals surface area contributed by atoms with Crippen molar-refractivity contribution in [2.24, 2.45) is 5.73 Å². The number of amides is 1. The molecule has 1 amide bonds. The molecule has 0 aliphatic carbocycles. The van der Waals surface area contributed by atoms with E-state index in [1.54, 1.807) is 11.8 Å². The zero-order valence-corrected chi connectivity index (χ0v) is 7.19. The number of rotatable bonds is 2. The molecule has 1 fully saturated rings. The highest BCUT2D eigenvalue weighted by Crippen LogP contribution is 2.15. The van der Waals surface area contributed by atoms with Gasteiger partial charge in [0, 0.05) is 6.54 Å². The first-order chi connectivity index (χ1) is 5.66. The molecule has 68 valence electrons. The third kappa shape index (κ3) is 1.64. The zero-order chi connectivity index (χ0) is 9.14. The predicted octanol–water partition coefficient (Wildman–Crippen LogP) is -0.476. The Morgan fingerprint density at radius 3 is 2.92 bits per heavy atom. The number of nitrogens with two attached hydrogens (primary N) is 1. The van der Waals surface area contributed by atoms with Crippen LogP contribution in [0.3, 0.4) is 0 Å². The molecule has 0 saturated carbocycles. The maximum absolute atomic E-state index is 11.4. The van der Waals surface area contributed by atoms with Gasteiger partial charge in [0.1, 0.15) is 6.29 Å². The average Bonchev–Trinajstić information content (AvgIpc) is 2.49. The van der Waals surface area contributed by atoms with Gasteiger partial charge in [0.15, 0.2) is 0 Å². The Hall–Kier alpha value is -0.900. The van der Waals surface area contributed by atoms with Crippen LogP contribution in [0.2, 0.25) is 0 Å². The number of aldehydes is 1. The van der Waals surface area contributed by atoms with Gasteiger partial charge in [0.05, 0.1) is 12.1 Å². The minimum Gasteiger partial charge on any atom is -0.332 e.